The van der Waals surface area contributed by atoms with Crippen molar-refractivity contribution in [2.45, 2.75) is 6.04 Å². The van der Waals surface area contributed by atoms with Crippen molar-refractivity contribution in [3.8, 4) is 0 Å². The van der Waals surface area contributed by atoms with Gasteiger partial charge in [0.25, 0.3) is 0 Å². The first-order valence-electron chi connectivity index (χ1n) is 6.53. The molecule has 1 heterocycles. The zero-order valence-electron chi connectivity index (χ0n) is 12.2. The maximum atomic E-state index is 11.6. The lowest BCUT2D eigenvalue weighted by atomic mass is 10.2. The van der Waals surface area contributed by atoms with Gasteiger partial charge < -0.3 is 25.4 Å². The number of carboxylic acids is 1. The zero-order valence-corrected chi connectivity index (χ0v) is 13.0. The minimum atomic E-state index is -1.09. The molecule has 0 aliphatic heterocycles. The van der Waals surface area contributed by atoms with E-state index in [1.807, 2.05) is 19.0 Å². The highest BCUT2D eigenvalue weighted by atomic mass is 32.1. The summed E-state index contributed by atoms with van der Waals surface area (Å²) in [6.07, 6.45) is 0. The number of rotatable bonds is 9. The maximum absolute atomic E-state index is 11.6. The first-order chi connectivity index (χ1) is 10.0. The highest BCUT2D eigenvalue weighted by Crippen LogP contribution is 2.18. The van der Waals surface area contributed by atoms with Crippen LogP contribution in [0.15, 0.2) is 17.5 Å². The smallest absolute Gasteiger partial charge is 0.331 e. The minimum absolute atomic E-state index is 0.329. The summed E-state index contributed by atoms with van der Waals surface area (Å²) < 4.78 is 5.32. The van der Waals surface area contributed by atoms with Crippen molar-refractivity contribution in [3.05, 3.63) is 22.4 Å². The van der Waals surface area contributed by atoms with Gasteiger partial charge in [0.2, 0.25) is 0 Å². The van der Waals surface area contributed by atoms with Crippen molar-refractivity contribution in [3.63, 3.8) is 0 Å². The molecule has 0 fully saturated rings. The van der Waals surface area contributed by atoms with Gasteiger partial charge in [0.05, 0.1) is 13.2 Å². The largest absolute Gasteiger partial charge is 0.479 e. The Balaban J connectivity index is 2.24. The Labute approximate surface area is 127 Å². The van der Waals surface area contributed by atoms with E-state index in [0.29, 0.717) is 24.6 Å². The number of carbonyl (C=O) groups excluding carboxylic acids is 1. The van der Waals surface area contributed by atoms with Gasteiger partial charge in [-0.15, -0.1) is 11.3 Å². The lowest BCUT2D eigenvalue weighted by Crippen LogP contribution is -2.41. The molecule has 0 saturated carbocycles. The van der Waals surface area contributed by atoms with Crippen LogP contribution >= 0.6 is 11.3 Å². The molecular formula is C13H21N3O4S. The normalized spacial score (nSPS) is 12.1. The summed E-state index contributed by atoms with van der Waals surface area (Å²) in [5, 5.41) is 15.9. The number of carbonyl (C=O) groups is 2. The Hall–Kier alpha value is -1.64. The molecule has 3 N–H and O–H groups in total. The molecule has 1 unspecified atom stereocenters. The fourth-order valence-electron chi connectivity index (χ4n) is 1.48. The van der Waals surface area contributed by atoms with Gasteiger partial charge >= 0.3 is 12.0 Å². The quantitative estimate of drug-likeness (QED) is 0.585. The lowest BCUT2D eigenvalue weighted by molar-refractivity contribution is -0.139. The molecule has 8 heteroatoms. The predicted molar refractivity (Wildman–Crippen MR) is 80.6 cm³/mol. The molecule has 1 aromatic rings. The average Bonchev–Trinajstić information content (AvgIpc) is 2.93. The number of nitrogens with one attached hydrogen (secondary N) is 2. The van der Waals surface area contributed by atoms with Crippen LogP contribution in [0.4, 0.5) is 4.79 Å². The third kappa shape index (κ3) is 7.07. The van der Waals surface area contributed by atoms with Crippen molar-refractivity contribution in [1.82, 2.24) is 15.5 Å². The van der Waals surface area contributed by atoms with E-state index in [1.54, 1.807) is 17.5 Å². The third-order valence-electron chi connectivity index (χ3n) is 2.56. The molecule has 0 spiro atoms. The number of hydrogen-bond acceptors (Lipinski definition) is 5. The van der Waals surface area contributed by atoms with Crippen LogP contribution in [0.3, 0.4) is 0 Å². The molecule has 21 heavy (non-hydrogen) atoms. The second-order valence-electron chi connectivity index (χ2n) is 4.60. The van der Waals surface area contributed by atoms with E-state index < -0.39 is 18.0 Å². The second kappa shape index (κ2) is 9.32. The Morgan fingerprint density at radius 2 is 2.19 bits per heavy atom. The molecule has 118 valence electrons. The second-order valence-corrected chi connectivity index (χ2v) is 5.58. The van der Waals surface area contributed by atoms with Gasteiger partial charge in [0, 0.05) is 18.0 Å². The predicted octanol–water partition coefficient (Wildman–Crippen LogP) is 0.751. The molecule has 1 aromatic heterocycles. The van der Waals surface area contributed by atoms with E-state index >= 15 is 0 Å². The molecule has 0 aliphatic carbocycles. The summed E-state index contributed by atoms with van der Waals surface area (Å²) in [6.45, 7) is 2.11. The Morgan fingerprint density at radius 3 is 2.76 bits per heavy atom. The molecule has 0 aliphatic rings. The molecule has 0 aromatic carbocycles. The number of urea groups is 1. The van der Waals surface area contributed by atoms with Gasteiger partial charge in [0.15, 0.2) is 6.04 Å². The van der Waals surface area contributed by atoms with E-state index in [0.717, 1.165) is 6.54 Å². The highest BCUT2D eigenvalue weighted by Gasteiger charge is 2.22. The molecule has 1 atom stereocenters. The van der Waals surface area contributed by atoms with Gasteiger partial charge in [-0.3, -0.25) is 0 Å². The number of nitrogens with zero attached hydrogens (tertiary/aromatic N) is 1. The molecular weight excluding hydrogens is 294 g/mol. The van der Waals surface area contributed by atoms with Crippen LogP contribution in [0.25, 0.3) is 0 Å². The van der Waals surface area contributed by atoms with Gasteiger partial charge in [-0.1, -0.05) is 6.07 Å². The van der Waals surface area contributed by atoms with Crippen LogP contribution in [-0.4, -0.2) is 62.4 Å². The first-order valence-corrected chi connectivity index (χ1v) is 7.41. The molecule has 0 bridgehead atoms. The number of hydrogen-bond donors (Lipinski definition) is 3. The first kappa shape index (κ1) is 17.4. The Kier molecular flexibility index (Phi) is 7.73. The Bertz CT molecular complexity index is 437. The third-order valence-corrected chi connectivity index (χ3v) is 3.50. The van der Waals surface area contributed by atoms with Crippen molar-refractivity contribution in [1.29, 1.82) is 0 Å². The van der Waals surface area contributed by atoms with E-state index in [-0.39, 0.29) is 0 Å². The summed E-state index contributed by atoms with van der Waals surface area (Å²) in [4.78, 5) is 25.4. The standard InChI is InChI=1S/C13H21N3O4S/c1-16(2)6-8-20-7-5-14-13(19)15-11(12(17)18)10-4-3-9-21-10/h3-4,9,11H,5-8H2,1-2H3,(H,17,18)(H2,14,15,19). The molecule has 2 amide bonds. The van der Waals surface area contributed by atoms with Crippen molar-refractivity contribution in [2.75, 3.05) is 40.4 Å². The lowest BCUT2D eigenvalue weighted by Gasteiger charge is -2.14. The summed E-state index contributed by atoms with van der Waals surface area (Å²) in [5.41, 5.74) is 0. The van der Waals surface area contributed by atoms with E-state index in [4.69, 9.17) is 9.84 Å². The molecule has 0 radical (unpaired) electrons. The maximum Gasteiger partial charge on any atom is 0.331 e. The molecule has 1 rings (SSSR count). The average molecular weight is 315 g/mol. The monoisotopic (exact) mass is 315 g/mol. The number of likely N-dealkylation sites (N-methyl/N-ethyl adjacent to an activating group) is 1. The van der Waals surface area contributed by atoms with Crippen LogP contribution in [0.1, 0.15) is 10.9 Å². The fraction of sp³-hybridized carbons (Fsp3) is 0.538. The van der Waals surface area contributed by atoms with Crippen molar-refractivity contribution >= 4 is 23.3 Å². The van der Waals surface area contributed by atoms with E-state index in [1.165, 1.54) is 11.3 Å². The van der Waals surface area contributed by atoms with Gasteiger partial charge in [-0.2, -0.15) is 0 Å². The Morgan fingerprint density at radius 1 is 1.43 bits per heavy atom. The van der Waals surface area contributed by atoms with E-state index in [2.05, 4.69) is 10.6 Å². The van der Waals surface area contributed by atoms with Crippen LogP contribution in [0, 0.1) is 0 Å². The summed E-state index contributed by atoms with van der Waals surface area (Å²) in [7, 11) is 3.90. The molecule has 7 nitrogen and oxygen atoms in total. The molecule has 0 saturated heterocycles. The van der Waals surface area contributed by atoms with Crippen molar-refractivity contribution < 1.29 is 19.4 Å². The van der Waals surface area contributed by atoms with Gasteiger partial charge in [-0.25, -0.2) is 9.59 Å². The topological polar surface area (TPSA) is 90.9 Å². The van der Waals surface area contributed by atoms with E-state index in [9.17, 15) is 9.59 Å². The fourth-order valence-corrected chi connectivity index (χ4v) is 2.25. The summed E-state index contributed by atoms with van der Waals surface area (Å²) in [6, 6.07) is 1.87. The summed E-state index contributed by atoms with van der Waals surface area (Å²) >= 11 is 1.29. The SMILES string of the molecule is CN(C)CCOCCNC(=O)NC(C(=O)O)c1cccs1. The summed E-state index contributed by atoms with van der Waals surface area (Å²) in [5.74, 6) is -1.09. The minimum Gasteiger partial charge on any atom is -0.479 e. The van der Waals surface area contributed by atoms with Gasteiger partial charge in [0.1, 0.15) is 0 Å². The van der Waals surface area contributed by atoms with Crippen LogP contribution in [0.5, 0.6) is 0 Å². The van der Waals surface area contributed by atoms with Gasteiger partial charge in [-0.05, 0) is 25.5 Å². The number of thiophene rings is 1. The van der Waals surface area contributed by atoms with Crippen LogP contribution in [-0.2, 0) is 9.53 Å². The highest BCUT2D eigenvalue weighted by molar-refractivity contribution is 7.10. The zero-order chi connectivity index (χ0) is 15.7. The number of aliphatic carboxylic acids is 1. The number of amides is 2. The van der Waals surface area contributed by atoms with Crippen molar-refractivity contribution in [2.24, 2.45) is 0 Å². The number of carboxylic acid groups (broad SMARTS) is 1. The number of ether oxygens (including phenoxy) is 1. The van der Waals surface area contributed by atoms with Crippen LogP contribution in [0.2, 0.25) is 0 Å². The van der Waals surface area contributed by atoms with Crippen LogP contribution < -0.4 is 10.6 Å².